The van der Waals surface area contributed by atoms with Gasteiger partial charge in [-0.3, -0.25) is 4.79 Å². The van der Waals surface area contributed by atoms with Crippen LogP contribution < -0.4 is 0 Å². The molecule has 25 heavy (non-hydrogen) atoms. The number of nitriles is 1. The van der Waals surface area contributed by atoms with Crippen LogP contribution in [0, 0.1) is 16.7 Å². The van der Waals surface area contributed by atoms with Crippen molar-refractivity contribution in [1.29, 1.82) is 5.26 Å². The molecule has 5 heteroatoms. The molecule has 0 radical (unpaired) electrons. The first-order chi connectivity index (χ1) is 11.7. The van der Waals surface area contributed by atoms with Gasteiger partial charge in [0.15, 0.2) is 0 Å². The van der Waals surface area contributed by atoms with Crippen LogP contribution in [0.15, 0.2) is 24.3 Å². The number of benzene rings is 1. The SMILES string of the molecule is CCOC(=O)CC(C)(C)C(C#N)(CCCN(C)C)c1ccc(Cl)cc1. The number of hydrogen-bond acceptors (Lipinski definition) is 4. The summed E-state index contributed by atoms with van der Waals surface area (Å²) in [5.41, 5.74) is -0.471. The van der Waals surface area contributed by atoms with Crippen molar-refractivity contribution < 1.29 is 9.53 Å². The van der Waals surface area contributed by atoms with Gasteiger partial charge in [0.1, 0.15) is 0 Å². The lowest BCUT2D eigenvalue weighted by Crippen LogP contribution is -2.43. The molecule has 0 heterocycles. The first-order valence-electron chi connectivity index (χ1n) is 8.66. The summed E-state index contributed by atoms with van der Waals surface area (Å²) < 4.78 is 5.14. The number of rotatable bonds is 9. The molecular weight excluding hydrogens is 336 g/mol. The summed E-state index contributed by atoms with van der Waals surface area (Å²) in [5, 5.41) is 10.8. The van der Waals surface area contributed by atoms with Crippen molar-refractivity contribution in [2.24, 2.45) is 5.41 Å². The van der Waals surface area contributed by atoms with Crippen LogP contribution in [0.1, 0.15) is 45.6 Å². The van der Waals surface area contributed by atoms with Crippen LogP contribution in [-0.2, 0) is 14.9 Å². The van der Waals surface area contributed by atoms with Crippen molar-refractivity contribution in [3.8, 4) is 6.07 Å². The van der Waals surface area contributed by atoms with Crippen molar-refractivity contribution >= 4 is 17.6 Å². The molecule has 0 amide bonds. The fourth-order valence-electron chi connectivity index (χ4n) is 3.26. The molecule has 0 aliphatic carbocycles. The zero-order chi connectivity index (χ0) is 19.1. The Morgan fingerprint density at radius 3 is 2.36 bits per heavy atom. The molecule has 138 valence electrons. The Hall–Kier alpha value is -1.57. The zero-order valence-electron chi connectivity index (χ0n) is 15.9. The number of nitrogens with zero attached hydrogens (tertiary/aromatic N) is 2. The standard InChI is InChI=1S/C20H29ClN2O2/c1-6-25-18(24)14-19(2,3)20(15-22,12-7-13-23(4)5)16-8-10-17(21)11-9-16/h8-11H,6-7,12-14H2,1-5H3. The maximum Gasteiger partial charge on any atom is 0.306 e. The quantitative estimate of drug-likeness (QED) is 0.608. The Morgan fingerprint density at radius 2 is 1.88 bits per heavy atom. The third kappa shape index (κ3) is 5.45. The van der Waals surface area contributed by atoms with Gasteiger partial charge in [-0.05, 0) is 63.5 Å². The Kier molecular flexibility index (Phi) is 7.92. The summed E-state index contributed by atoms with van der Waals surface area (Å²) in [7, 11) is 4.03. The lowest BCUT2D eigenvalue weighted by molar-refractivity contribution is -0.146. The summed E-state index contributed by atoms with van der Waals surface area (Å²) in [6.07, 6.45) is 1.71. The third-order valence-corrected chi connectivity index (χ3v) is 4.98. The number of hydrogen-bond donors (Lipinski definition) is 0. The number of esters is 1. The smallest absolute Gasteiger partial charge is 0.306 e. The molecule has 0 aromatic heterocycles. The fourth-order valence-corrected chi connectivity index (χ4v) is 3.39. The first-order valence-corrected chi connectivity index (χ1v) is 9.04. The van der Waals surface area contributed by atoms with Crippen molar-refractivity contribution in [2.45, 2.75) is 45.4 Å². The highest BCUT2D eigenvalue weighted by atomic mass is 35.5. The van der Waals surface area contributed by atoms with E-state index in [2.05, 4.69) is 11.0 Å². The maximum atomic E-state index is 12.1. The van der Waals surface area contributed by atoms with Crippen LogP contribution in [0.3, 0.4) is 0 Å². The molecule has 1 aromatic rings. The van der Waals surface area contributed by atoms with Gasteiger partial charge < -0.3 is 9.64 Å². The van der Waals surface area contributed by atoms with E-state index >= 15 is 0 Å². The number of ether oxygens (including phenoxy) is 1. The van der Waals surface area contributed by atoms with Gasteiger partial charge in [-0.1, -0.05) is 37.6 Å². The van der Waals surface area contributed by atoms with Gasteiger partial charge in [-0.15, -0.1) is 0 Å². The van der Waals surface area contributed by atoms with E-state index in [1.807, 2.05) is 40.1 Å². The van der Waals surface area contributed by atoms with Crippen LogP contribution in [-0.4, -0.2) is 38.1 Å². The van der Waals surface area contributed by atoms with Crippen molar-refractivity contribution in [2.75, 3.05) is 27.2 Å². The molecule has 1 aromatic carbocycles. The summed E-state index contributed by atoms with van der Waals surface area (Å²) in [6, 6.07) is 9.94. The monoisotopic (exact) mass is 364 g/mol. The van der Waals surface area contributed by atoms with Crippen LogP contribution in [0.2, 0.25) is 5.02 Å². The lowest BCUT2D eigenvalue weighted by atomic mass is 9.59. The van der Waals surface area contributed by atoms with E-state index in [0.29, 0.717) is 18.1 Å². The molecular formula is C20H29ClN2O2. The van der Waals surface area contributed by atoms with E-state index < -0.39 is 10.8 Å². The van der Waals surface area contributed by atoms with Gasteiger partial charge in [0, 0.05) is 5.02 Å². The van der Waals surface area contributed by atoms with E-state index in [1.54, 1.807) is 19.1 Å². The highest BCUT2D eigenvalue weighted by molar-refractivity contribution is 6.30. The summed E-state index contributed by atoms with van der Waals surface area (Å²) >= 11 is 6.03. The minimum atomic E-state index is -0.791. The molecule has 0 aliphatic rings. The van der Waals surface area contributed by atoms with Gasteiger partial charge in [-0.2, -0.15) is 5.26 Å². The third-order valence-electron chi connectivity index (χ3n) is 4.73. The number of halogens is 1. The van der Waals surface area contributed by atoms with Crippen molar-refractivity contribution in [3.63, 3.8) is 0 Å². The van der Waals surface area contributed by atoms with Crippen molar-refractivity contribution in [3.05, 3.63) is 34.9 Å². The van der Waals surface area contributed by atoms with Gasteiger partial charge in [0.25, 0.3) is 0 Å². The largest absolute Gasteiger partial charge is 0.466 e. The zero-order valence-corrected chi connectivity index (χ0v) is 16.7. The Balaban J connectivity index is 3.26. The second-order valence-electron chi connectivity index (χ2n) is 7.30. The molecule has 0 fully saturated rings. The normalized spacial score (nSPS) is 14.0. The number of carbonyl (C=O) groups is 1. The van der Waals surface area contributed by atoms with E-state index in [0.717, 1.165) is 18.5 Å². The van der Waals surface area contributed by atoms with Gasteiger partial charge in [0.05, 0.1) is 24.5 Å². The average Bonchev–Trinajstić information content (AvgIpc) is 2.52. The fraction of sp³-hybridized carbons (Fsp3) is 0.600. The van der Waals surface area contributed by atoms with E-state index in [9.17, 15) is 10.1 Å². The second-order valence-corrected chi connectivity index (χ2v) is 7.73. The minimum Gasteiger partial charge on any atom is -0.466 e. The second kappa shape index (κ2) is 9.22. The molecule has 0 aliphatic heterocycles. The maximum absolute atomic E-state index is 12.1. The van der Waals surface area contributed by atoms with Gasteiger partial charge in [0.2, 0.25) is 0 Å². The van der Waals surface area contributed by atoms with Gasteiger partial charge in [-0.25, -0.2) is 0 Å². The molecule has 1 atom stereocenters. The summed E-state index contributed by atoms with van der Waals surface area (Å²) in [6.45, 7) is 6.95. The average molecular weight is 365 g/mol. The molecule has 4 nitrogen and oxygen atoms in total. The summed E-state index contributed by atoms with van der Waals surface area (Å²) in [4.78, 5) is 14.2. The van der Waals surface area contributed by atoms with E-state index in [4.69, 9.17) is 16.3 Å². The minimum absolute atomic E-state index is 0.193. The molecule has 1 unspecified atom stereocenters. The van der Waals surface area contributed by atoms with E-state index in [1.165, 1.54) is 0 Å². The van der Waals surface area contributed by atoms with Crippen LogP contribution in [0.25, 0.3) is 0 Å². The topological polar surface area (TPSA) is 53.3 Å². The number of carbonyl (C=O) groups excluding carboxylic acids is 1. The molecule has 0 saturated heterocycles. The Labute approximate surface area is 156 Å². The highest BCUT2D eigenvalue weighted by Gasteiger charge is 2.47. The predicted octanol–water partition coefficient (Wildman–Crippen LogP) is 4.42. The molecule has 1 rings (SSSR count). The van der Waals surface area contributed by atoms with Crippen LogP contribution >= 0.6 is 11.6 Å². The van der Waals surface area contributed by atoms with E-state index in [-0.39, 0.29) is 12.4 Å². The summed E-state index contributed by atoms with van der Waals surface area (Å²) in [5.74, 6) is -0.270. The van der Waals surface area contributed by atoms with Gasteiger partial charge >= 0.3 is 5.97 Å². The van der Waals surface area contributed by atoms with Crippen LogP contribution in [0.4, 0.5) is 0 Å². The van der Waals surface area contributed by atoms with Crippen LogP contribution in [0.5, 0.6) is 0 Å². The molecule has 0 bridgehead atoms. The molecule has 0 saturated carbocycles. The predicted molar refractivity (Wildman–Crippen MR) is 102 cm³/mol. The lowest BCUT2D eigenvalue weighted by Gasteiger charge is -2.42. The molecule has 0 N–H and O–H groups in total. The van der Waals surface area contributed by atoms with Crippen molar-refractivity contribution in [1.82, 2.24) is 4.90 Å². The Bertz CT molecular complexity index is 605. The Morgan fingerprint density at radius 1 is 1.28 bits per heavy atom. The molecule has 0 spiro atoms. The highest BCUT2D eigenvalue weighted by Crippen LogP contribution is 2.47. The first kappa shape index (κ1) is 21.5.